The molecule has 2 saturated heterocycles. The van der Waals surface area contributed by atoms with Gasteiger partial charge in [-0.25, -0.2) is 14.4 Å². The number of esters is 3. The SMILES string of the molecule is CCCCCOC(=O)[C@@]12OC[C@]34[C@H]([C@@H](O)[C@@H]1O)[C@@]1(C)CC(=O)C(O)=C(C)[C@@H]1C[C@H]3OC(=O)[C@H](OC(=O)C=C(C)C)[C@@H]24. The van der Waals surface area contributed by atoms with Crippen LogP contribution in [0.2, 0.25) is 0 Å². The van der Waals surface area contributed by atoms with Crippen molar-refractivity contribution in [1.29, 1.82) is 0 Å². The molecule has 5 aliphatic rings. The molecule has 0 radical (unpaired) electrons. The zero-order valence-corrected chi connectivity index (χ0v) is 24.2. The first-order valence-corrected chi connectivity index (χ1v) is 14.4. The number of unbranched alkanes of at least 4 members (excludes halogenated alkanes) is 2. The molecule has 0 aromatic carbocycles. The van der Waals surface area contributed by atoms with Gasteiger partial charge in [0.05, 0.1) is 25.2 Å². The van der Waals surface area contributed by atoms with E-state index in [1.165, 1.54) is 6.08 Å². The maximum Gasteiger partial charge on any atom is 0.348 e. The van der Waals surface area contributed by atoms with Crippen LogP contribution in [0.25, 0.3) is 0 Å². The van der Waals surface area contributed by atoms with Gasteiger partial charge < -0.3 is 34.3 Å². The third kappa shape index (κ3) is 4.02. The first-order chi connectivity index (χ1) is 19.3. The average Bonchev–Trinajstić information content (AvgIpc) is 3.20. The molecule has 4 fully saturated rings. The van der Waals surface area contributed by atoms with Crippen LogP contribution >= 0.6 is 0 Å². The molecule has 3 N–H and O–H groups in total. The third-order valence-electron chi connectivity index (χ3n) is 10.3. The molecular weight excluding hydrogens is 536 g/mol. The highest BCUT2D eigenvalue weighted by molar-refractivity contribution is 5.95. The summed E-state index contributed by atoms with van der Waals surface area (Å²) in [6, 6.07) is 0. The highest BCUT2D eigenvalue weighted by Gasteiger charge is 2.85. The van der Waals surface area contributed by atoms with Crippen molar-refractivity contribution < 1.29 is 53.4 Å². The molecule has 2 heterocycles. The molecule has 2 bridgehead atoms. The lowest BCUT2D eigenvalue weighted by atomic mass is 9.38. The van der Waals surface area contributed by atoms with Gasteiger partial charge >= 0.3 is 17.9 Å². The molecule has 0 unspecified atom stereocenters. The summed E-state index contributed by atoms with van der Waals surface area (Å²) in [5.74, 6) is -6.19. The molecule has 1 spiro atoms. The quantitative estimate of drug-likeness (QED) is 0.176. The Morgan fingerprint density at radius 1 is 1.15 bits per heavy atom. The van der Waals surface area contributed by atoms with Crippen molar-refractivity contribution >= 4 is 23.7 Å². The summed E-state index contributed by atoms with van der Waals surface area (Å²) in [6.45, 7) is 8.63. The molecule has 3 aliphatic carbocycles. The van der Waals surface area contributed by atoms with Gasteiger partial charge in [0, 0.05) is 23.8 Å². The number of fused-ring (bicyclic) bond motifs is 2. The summed E-state index contributed by atoms with van der Waals surface area (Å²) in [7, 11) is 0. The minimum Gasteiger partial charge on any atom is -0.504 e. The number of allylic oxidation sites excluding steroid dienone is 3. The first kappa shape index (κ1) is 29.7. The van der Waals surface area contributed by atoms with Crippen LogP contribution in [0.5, 0.6) is 0 Å². The second-order valence-corrected chi connectivity index (χ2v) is 12.9. The summed E-state index contributed by atoms with van der Waals surface area (Å²) in [4.78, 5) is 53.3. The Balaban J connectivity index is 1.68. The topological polar surface area (TPSA) is 166 Å². The van der Waals surface area contributed by atoms with Gasteiger partial charge in [0.15, 0.2) is 11.5 Å². The predicted molar refractivity (Wildman–Crippen MR) is 141 cm³/mol. The number of aliphatic hydroxyl groups excluding tert-OH is 3. The van der Waals surface area contributed by atoms with Crippen molar-refractivity contribution in [3.05, 3.63) is 23.0 Å². The molecule has 10 atom stereocenters. The van der Waals surface area contributed by atoms with Crippen molar-refractivity contribution in [2.45, 2.75) is 96.7 Å². The Morgan fingerprint density at radius 3 is 2.51 bits per heavy atom. The van der Waals surface area contributed by atoms with Gasteiger partial charge in [-0.2, -0.15) is 0 Å². The van der Waals surface area contributed by atoms with Crippen LogP contribution < -0.4 is 0 Å². The van der Waals surface area contributed by atoms with E-state index < -0.39 is 82.3 Å². The summed E-state index contributed by atoms with van der Waals surface area (Å²) in [6.07, 6.45) is -2.53. The number of rotatable bonds is 7. The van der Waals surface area contributed by atoms with Crippen LogP contribution in [0.15, 0.2) is 23.0 Å². The maximum atomic E-state index is 13.9. The number of ether oxygens (including phenoxy) is 4. The van der Waals surface area contributed by atoms with Crippen molar-refractivity contribution in [2.75, 3.05) is 13.2 Å². The smallest absolute Gasteiger partial charge is 0.348 e. The van der Waals surface area contributed by atoms with E-state index in [-0.39, 0.29) is 31.8 Å². The van der Waals surface area contributed by atoms with Gasteiger partial charge in [-0.05, 0) is 50.5 Å². The van der Waals surface area contributed by atoms with Crippen molar-refractivity contribution in [3.63, 3.8) is 0 Å². The molecule has 226 valence electrons. The number of carbonyl (C=O) groups excluding carboxylic acids is 4. The normalized spacial score (nSPS) is 42.6. The Labute approximate surface area is 238 Å². The monoisotopic (exact) mass is 576 g/mol. The standard InChI is InChI=1S/C30H40O11/c1-6-7-8-9-38-27(37)30-24-22(41-19(32)10-14(2)3)26(36)40-18-11-16-15(4)20(33)17(31)12-28(16,5)23(21(34)25(30)35)29(18,24)13-39-30/h10,16,18,21-25,33-35H,6-9,11-13H2,1-5H3/t16-,18+,21+,22+,23+,24+,25-,28-,29+,30-/m0/s1. The fourth-order valence-electron chi connectivity index (χ4n) is 8.72. The molecule has 0 aromatic rings. The van der Waals surface area contributed by atoms with E-state index in [4.69, 9.17) is 18.9 Å². The van der Waals surface area contributed by atoms with Gasteiger partial charge in [-0.15, -0.1) is 0 Å². The van der Waals surface area contributed by atoms with Crippen molar-refractivity contribution in [3.8, 4) is 0 Å². The van der Waals surface area contributed by atoms with Crippen LogP contribution in [0.1, 0.15) is 66.7 Å². The number of aliphatic hydroxyl groups is 3. The zero-order chi connectivity index (χ0) is 30.1. The minimum absolute atomic E-state index is 0.0391. The van der Waals surface area contributed by atoms with E-state index >= 15 is 0 Å². The lowest BCUT2D eigenvalue weighted by Crippen LogP contribution is -2.79. The third-order valence-corrected chi connectivity index (χ3v) is 10.3. The number of hydrogen-bond donors (Lipinski definition) is 3. The maximum absolute atomic E-state index is 13.9. The highest BCUT2D eigenvalue weighted by Crippen LogP contribution is 2.72. The van der Waals surface area contributed by atoms with Gasteiger partial charge in [0.2, 0.25) is 11.7 Å². The summed E-state index contributed by atoms with van der Waals surface area (Å²) >= 11 is 0. The van der Waals surface area contributed by atoms with Crippen molar-refractivity contribution in [2.24, 2.45) is 28.6 Å². The lowest BCUT2D eigenvalue weighted by molar-refractivity contribution is -0.290. The summed E-state index contributed by atoms with van der Waals surface area (Å²) in [5.41, 5.74) is -3.50. The minimum atomic E-state index is -2.22. The largest absolute Gasteiger partial charge is 0.504 e. The molecule has 5 rings (SSSR count). The van der Waals surface area contributed by atoms with Crippen LogP contribution in [-0.2, 0) is 38.1 Å². The number of hydrogen-bond acceptors (Lipinski definition) is 11. The molecule has 2 saturated carbocycles. The second-order valence-electron chi connectivity index (χ2n) is 12.9. The Morgan fingerprint density at radius 2 is 1.85 bits per heavy atom. The molecule has 11 nitrogen and oxygen atoms in total. The molecule has 11 heteroatoms. The van der Waals surface area contributed by atoms with E-state index in [2.05, 4.69) is 0 Å². The van der Waals surface area contributed by atoms with Gasteiger partial charge in [0.25, 0.3) is 0 Å². The lowest BCUT2D eigenvalue weighted by Gasteiger charge is -2.67. The fourth-order valence-corrected chi connectivity index (χ4v) is 8.72. The number of ketones is 1. The van der Waals surface area contributed by atoms with E-state index in [0.717, 1.165) is 12.8 Å². The molecule has 0 aromatic heterocycles. The fraction of sp³-hybridized carbons (Fsp3) is 0.733. The van der Waals surface area contributed by atoms with Gasteiger partial charge in [0.1, 0.15) is 12.2 Å². The number of Topliss-reactive ketones (excluding diaryl/α,β-unsaturated/α-hetero) is 1. The van der Waals surface area contributed by atoms with Crippen molar-refractivity contribution in [1.82, 2.24) is 0 Å². The van der Waals surface area contributed by atoms with Crippen LogP contribution in [0.3, 0.4) is 0 Å². The zero-order valence-electron chi connectivity index (χ0n) is 24.2. The van der Waals surface area contributed by atoms with Crippen LogP contribution in [0.4, 0.5) is 0 Å². The second kappa shape index (κ2) is 10.2. The molecule has 0 amide bonds. The average molecular weight is 577 g/mol. The number of carbonyl (C=O) groups is 4. The summed E-state index contributed by atoms with van der Waals surface area (Å²) < 4.78 is 23.4. The summed E-state index contributed by atoms with van der Waals surface area (Å²) in [5, 5.41) is 34.1. The predicted octanol–water partition coefficient (Wildman–Crippen LogP) is 2.08. The van der Waals surface area contributed by atoms with Crippen LogP contribution in [-0.4, -0.2) is 82.2 Å². The van der Waals surface area contributed by atoms with E-state index in [1.807, 2.05) is 13.8 Å². The van der Waals surface area contributed by atoms with E-state index in [9.17, 15) is 34.5 Å². The Hall–Kier alpha value is -2.76. The van der Waals surface area contributed by atoms with Gasteiger partial charge in [-0.1, -0.05) is 32.3 Å². The van der Waals surface area contributed by atoms with Crippen LogP contribution in [0, 0.1) is 28.6 Å². The highest BCUT2D eigenvalue weighted by atomic mass is 16.6. The Kier molecular flexibility index (Phi) is 7.40. The van der Waals surface area contributed by atoms with Gasteiger partial charge in [-0.3, -0.25) is 4.79 Å². The molecular formula is C30H40O11. The first-order valence-electron chi connectivity index (χ1n) is 14.4. The molecule has 41 heavy (non-hydrogen) atoms. The van der Waals surface area contributed by atoms with E-state index in [1.54, 1.807) is 20.8 Å². The van der Waals surface area contributed by atoms with E-state index in [0.29, 0.717) is 17.6 Å². The Bertz CT molecular complexity index is 1220. The molecule has 2 aliphatic heterocycles.